The maximum absolute atomic E-state index is 13.2. The minimum absolute atomic E-state index is 0.134. The van der Waals surface area contributed by atoms with Crippen LogP contribution in [0.15, 0.2) is 0 Å². The average molecular weight is 371 g/mol. The van der Waals surface area contributed by atoms with Gasteiger partial charge in [0.2, 0.25) is 0 Å². The summed E-state index contributed by atoms with van der Waals surface area (Å²) in [5.74, 6) is 2.28. The van der Waals surface area contributed by atoms with Gasteiger partial charge < -0.3 is 9.64 Å². The number of hydrogen-bond acceptors (Lipinski definition) is 7. The second-order valence-electron chi connectivity index (χ2n) is 6.29. The van der Waals surface area contributed by atoms with E-state index in [2.05, 4.69) is 26.3 Å². The predicted molar refractivity (Wildman–Crippen MR) is 97.9 cm³/mol. The van der Waals surface area contributed by atoms with E-state index in [9.17, 15) is 4.79 Å². The molecule has 6 nitrogen and oxygen atoms in total. The van der Waals surface area contributed by atoms with Crippen LogP contribution in [-0.4, -0.2) is 82.2 Å². The lowest BCUT2D eigenvalue weighted by molar-refractivity contribution is 0.0245. The van der Waals surface area contributed by atoms with E-state index in [1.165, 1.54) is 11.5 Å². The molecule has 8 heteroatoms. The van der Waals surface area contributed by atoms with Crippen molar-refractivity contribution in [1.29, 1.82) is 0 Å². The smallest absolute Gasteiger partial charge is 0.267 e. The largest absolute Gasteiger partial charge is 0.379 e. The molecular formula is C16H26N4O2S2. The molecule has 134 valence electrons. The zero-order valence-corrected chi connectivity index (χ0v) is 15.9. The number of ether oxygens (including phenoxy) is 1. The number of nitrogens with zero attached hydrogens (tertiary/aromatic N) is 4. The molecule has 1 atom stereocenters. The normalized spacial score (nSPS) is 23.2. The van der Waals surface area contributed by atoms with Crippen LogP contribution in [0.25, 0.3) is 0 Å². The first-order valence-corrected chi connectivity index (χ1v) is 10.7. The molecule has 0 N–H and O–H groups in total. The molecule has 0 bridgehead atoms. The highest BCUT2D eigenvalue weighted by Gasteiger charge is 2.31. The highest BCUT2D eigenvalue weighted by Crippen LogP contribution is 2.23. The maximum Gasteiger partial charge on any atom is 0.267 e. The van der Waals surface area contributed by atoms with E-state index in [1.807, 2.05) is 11.8 Å². The Balaban J connectivity index is 1.73. The highest BCUT2D eigenvalue weighted by molar-refractivity contribution is 7.99. The quantitative estimate of drug-likeness (QED) is 0.787. The van der Waals surface area contributed by atoms with Gasteiger partial charge in [-0.2, -0.15) is 11.8 Å². The van der Waals surface area contributed by atoms with Crippen molar-refractivity contribution in [3.63, 3.8) is 0 Å². The van der Waals surface area contributed by atoms with Gasteiger partial charge in [-0.15, -0.1) is 5.10 Å². The van der Waals surface area contributed by atoms with Crippen molar-refractivity contribution in [2.75, 3.05) is 50.9 Å². The summed E-state index contributed by atoms with van der Waals surface area (Å²) in [5, 5.41) is 4.17. The van der Waals surface area contributed by atoms with Crippen LogP contribution in [0.1, 0.15) is 35.1 Å². The van der Waals surface area contributed by atoms with E-state index < -0.39 is 0 Å². The number of carbonyl (C=O) groups excluding carboxylic acids is 1. The van der Waals surface area contributed by atoms with E-state index in [4.69, 9.17) is 4.74 Å². The van der Waals surface area contributed by atoms with Gasteiger partial charge in [0.15, 0.2) is 0 Å². The van der Waals surface area contributed by atoms with Crippen LogP contribution in [0.2, 0.25) is 0 Å². The summed E-state index contributed by atoms with van der Waals surface area (Å²) in [6, 6.07) is 0.264. The topological polar surface area (TPSA) is 58.6 Å². The third kappa shape index (κ3) is 4.47. The van der Waals surface area contributed by atoms with Crippen LogP contribution in [0.5, 0.6) is 0 Å². The molecule has 24 heavy (non-hydrogen) atoms. The van der Waals surface area contributed by atoms with Crippen LogP contribution in [-0.2, 0) is 11.2 Å². The summed E-state index contributed by atoms with van der Waals surface area (Å²) in [6.07, 6.45) is 2.87. The molecule has 0 saturated carbocycles. The minimum atomic E-state index is 0.134. The van der Waals surface area contributed by atoms with Crippen LogP contribution < -0.4 is 0 Å². The first-order chi connectivity index (χ1) is 11.8. The van der Waals surface area contributed by atoms with Crippen LogP contribution in [0, 0.1) is 0 Å². The summed E-state index contributed by atoms with van der Waals surface area (Å²) < 4.78 is 9.48. The van der Waals surface area contributed by atoms with Crippen molar-refractivity contribution in [3.05, 3.63) is 10.6 Å². The highest BCUT2D eigenvalue weighted by atomic mass is 32.2. The van der Waals surface area contributed by atoms with Gasteiger partial charge in [0.25, 0.3) is 5.91 Å². The Kier molecular flexibility index (Phi) is 6.88. The van der Waals surface area contributed by atoms with Crippen LogP contribution in [0.3, 0.4) is 0 Å². The summed E-state index contributed by atoms with van der Waals surface area (Å²) in [5.41, 5.74) is 0.870. The first-order valence-electron chi connectivity index (χ1n) is 8.79. The number of hydrogen-bond donors (Lipinski definition) is 0. The van der Waals surface area contributed by atoms with Gasteiger partial charge >= 0.3 is 0 Å². The Morgan fingerprint density at radius 3 is 2.96 bits per heavy atom. The van der Waals surface area contributed by atoms with E-state index >= 15 is 0 Å². The van der Waals surface area contributed by atoms with E-state index in [0.29, 0.717) is 0 Å². The van der Waals surface area contributed by atoms with E-state index in [1.54, 1.807) is 0 Å². The third-order valence-corrected chi connectivity index (χ3v) is 6.46. The number of aryl methyl sites for hydroxylation is 1. The fourth-order valence-electron chi connectivity index (χ4n) is 3.23. The maximum atomic E-state index is 13.2. The Morgan fingerprint density at radius 1 is 1.33 bits per heavy atom. The first kappa shape index (κ1) is 18.1. The van der Waals surface area contributed by atoms with Gasteiger partial charge in [-0.3, -0.25) is 9.69 Å². The summed E-state index contributed by atoms with van der Waals surface area (Å²) >= 11 is 3.22. The Labute approximate surface area is 152 Å². The fourth-order valence-corrected chi connectivity index (χ4v) is 4.95. The molecule has 0 radical (unpaired) electrons. The van der Waals surface area contributed by atoms with Gasteiger partial charge in [0.05, 0.1) is 24.9 Å². The number of rotatable bonds is 5. The number of carbonyl (C=O) groups is 1. The average Bonchev–Trinajstić information content (AvgIpc) is 2.94. The molecule has 2 aliphatic heterocycles. The van der Waals surface area contributed by atoms with E-state index in [0.717, 1.165) is 80.7 Å². The standard InChI is InChI=1S/C16H26N4O2S2/c1-2-4-14-15(24-18-17-14)16(21)20-5-3-10-23-12-13(20)11-19-6-8-22-9-7-19/h13H,2-12H2,1H3. The number of morpholine rings is 1. The zero-order valence-electron chi connectivity index (χ0n) is 14.3. The fraction of sp³-hybridized carbons (Fsp3) is 0.812. The molecule has 0 aliphatic carbocycles. The van der Waals surface area contributed by atoms with Crippen molar-refractivity contribution < 1.29 is 9.53 Å². The lowest BCUT2D eigenvalue weighted by Crippen LogP contribution is -2.50. The molecule has 3 heterocycles. The van der Waals surface area contributed by atoms with Gasteiger partial charge in [-0.05, 0) is 30.1 Å². The number of aromatic nitrogens is 2. The molecule has 1 aromatic heterocycles. The molecule has 1 unspecified atom stereocenters. The van der Waals surface area contributed by atoms with Crippen LogP contribution >= 0.6 is 23.3 Å². The van der Waals surface area contributed by atoms with Crippen LogP contribution in [0.4, 0.5) is 0 Å². The Hall–Kier alpha value is -0.700. The van der Waals surface area contributed by atoms with Crippen molar-refractivity contribution in [2.24, 2.45) is 0 Å². The van der Waals surface area contributed by atoms with Gasteiger partial charge in [0.1, 0.15) is 4.88 Å². The van der Waals surface area contributed by atoms with Gasteiger partial charge in [-0.1, -0.05) is 17.8 Å². The molecule has 2 fully saturated rings. The van der Waals surface area contributed by atoms with Crippen molar-refractivity contribution in [3.8, 4) is 0 Å². The molecule has 0 spiro atoms. The third-order valence-electron chi connectivity index (χ3n) is 4.51. The van der Waals surface area contributed by atoms with Crippen molar-refractivity contribution >= 4 is 29.2 Å². The van der Waals surface area contributed by atoms with Gasteiger partial charge in [0, 0.05) is 31.9 Å². The monoisotopic (exact) mass is 370 g/mol. The van der Waals surface area contributed by atoms with E-state index in [-0.39, 0.29) is 11.9 Å². The SMILES string of the molecule is CCCc1nnsc1C(=O)N1CCCSCC1CN1CCOCC1. The molecule has 1 aromatic rings. The van der Waals surface area contributed by atoms with Crippen molar-refractivity contribution in [1.82, 2.24) is 19.4 Å². The summed E-state index contributed by atoms with van der Waals surface area (Å²) in [4.78, 5) is 18.4. The molecule has 1 amide bonds. The number of amides is 1. The second-order valence-corrected chi connectivity index (χ2v) is 8.20. The Bertz CT molecular complexity index is 534. The minimum Gasteiger partial charge on any atom is -0.379 e. The summed E-state index contributed by atoms with van der Waals surface area (Å²) in [7, 11) is 0. The molecule has 2 saturated heterocycles. The molecule has 0 aromatic carbocycles. The summed E-state index contributed by atoms with van der Waals surface area (Å²) in [6.45, 7) is 7.42. The Morgan fingerprint density at radius 2 is 2.17 bits per heavy atom. The molecular weight excluding hydrogens is 344 g/mol. The van der Waals surface area contributed by atoms with Crippen molar-refractivity contribution in [2.45, 2.75) is 32.2 Å². The second kappa shape index (κ2) is 9.12. The lowest BCUT2D eigenvalue weighted by Gasteiger charge is -2.35. The van der Waals surface area contributed by atoms with Gasteiger partial charge in [-0.25, -0.2) is 0 Å². The predicted octanol–water partition coefficient (Wildman–Crippen LogP) is 1.77. The zero-order chi connectivity index (χ0) is 16.8. The molecule has 3 rings (SSSR count). The number of thioether (sulfide) groups is 1. The molecule has 2 aliphatic rings. The lowest BCUT2D eigenvalue weighted by atomic mass is 10.1.